The van der Waals surface area contributed by atoms with E-state index in [0.717, 1.165) is 22.3 Å². The van der Waals surface area contributed by atoms with Crippen molar-refractivity contribution in [3.8, 4) is 57.4 Å². The van der Waals surface area contributed by atoms with Gasteiger partial charge < -0.3 is 9.47 Å². The summed E-state index contributed by atoms with van der Waals surface area (Å²) >= 11 is 3.91. The maximum absolute atomic E-state index is 6.04. The van der Waals surface area contributed by atoms with E-state index >= 15 is 0 Å². The van der Waals surface area contributed by atoms with Gasteiger partial charge in [0.15, 0.2) is 0 Å². The molecule has 0 saturated carbocycles. The molecule has 12 aromatic rings. The van der Waals surface area contributed by atoms with Crippen molar-refractivity contribution in [2.24, 2.45) is 0 Å². The van der Waals surface area contributed by atoms with E-state index in [1.54, 1.807) is 0 Å². The van der Waals surface area contributed by atoms with Crippen LogP contribution < -0.4 is 9.47 Å². The third-order valence-corrected chi connectivity index (χ3v) is 19.6. The summed E-state index contributed by atoms with van der Waals surface area (Å²) in [4.78, 5) is 5.26. The first kappa shape index (κ1) is 46.9. The molecule has 0 radical (unpaired) electrons. The molecule has 0 bridgehead atoms. The Morgan fingerprint density at radius 2 is 0.792 bits per heavy atom. The van der Waals surface area contributed by atoms with E-state index < -0.39 is 10.8 Å². The van der Waals surface area contributed by atoms with Crippen molar-refractivity contribution in [3.63, 3.8) is 0 Å². The molecular formula is C73H52O2S2. The maximum atomic E-state index is 6.04. The first-order valence-corrected chi connectivity index (χ1v) is 28.0. The fourth-order valence-corrected chi connectivity index (χ4v) is 15.7. The first-order chi connectivity index (χ1) is 37.8. The third kappa shape index (κ3) is 7.10. The molecule has 0 amide bonds. The zero-order valence-electron chi connectivity index (χ0n) is 43.3. The lowest BCUT2D eigenvalue weighted by Gasteiger charge is -2.33. The number of rotatable bonds is 10. The van der Waals surface area contributed by atoms with Crippen LogP contribution in [0.5, 0.6) is 11.5 Å². The van der Waals surface area contributed by atoms with E-state index in [4.69, 9.17) is 9.47 Å². The molecule has 0 N–H and O–H groups in total. The zero-order chi connectivity index (χ0) is 51.9. The van der Waals surface area contributed by atoms with E-state index in [9.17, 15) is 0 Å². The quantitative estimate of drug-likeness (QED) is 0.127. The van der Waals surface area contributed by atoms with Gasteiger partial charge in [-0.3, -0.25) is 0 Å². The lowest BCUT2D eigenvalue weighted by atomic mass is 9.70. The van der Waals surface area contributed by atoms with Crippen LogP contribution in [-0.2, 0) is 16.2 Å². The molecule has 2 atom stereocenters. The summed E-state index contributed by atoms with van der Waals surface area (Å²) in [6, 6.07) is 82.1. The molecule has 10 aromatic carbocycles. The van der Waals surface area contributed by atoms with Crippen molar-refractivity contribution in [2.45, 2.75) is 43.9 Å². The zero-order valence-corrected chi connectivity index (χ0v) is 45.0. The van der Waals surface area contributed by atoms with Gasteiger partial charge in [-0.15, -0.1) is 34.5 Å². The van der Waals surface area contributed by atoms with Crippen LogP contribution in [0.15, 0.2) is 218 Å². The summed E-state index contributed by atoms with van der Waals surface area (Å²) in [7, 11) is 0. The average molecular weight is 1030 g/mol. The predicted molar refractivity (Wildman–Crippen MR) is 323 cm³/mol. The van der Waals surface area contributed by atoms with Gasteiger partial charge in [0.25, 0.3) is 0 Å². The topological polar surface area (TPSA) is 18.5 Å². The molecular weight excluding hydrogens is 973 g/mol. The minimum Gasteiger partial charge on any atom is -0.481 e. The van der Waals surface area contributed by atoms with Crippen LogP contribution in [0.2, 0.25) is 0 Å². The van der Waals surface area contributed by atoms with Crippen LogP contribution in [0.4, 0.5) is 0 Å². The van der Waals surface area contributed by atoms with Gasteiger partial charge in [-0.2, -0.15) is 0 Å². The van der Waals surface area contributed by atoms with Crippen molar-refractivity contribution < 1.29 is 9.47 Å². The van der Waals surface area contributed by atoms with Crippen LogP contribution in [0.1, 0.15) is 80.6 Å². The van der Waals surface area contributed by atoms with Crippen LogP contribution in [0, 0.1) is 23.7 Å². The van der Waals surface area contributed by atoms with Crippen molar-refractivity contribution in [2.75, 3.05) is 13.2 Å². The molecule has 2 aliphatic rings. The molecule has 0 spiro atoms. The standard InChI is InChI=1S/C73H52O2S2/c1-5-7-41-74-55-33-27-49-43-53(31-25-51(49)45-55)72(61-23-15-13-21-59(61)69-57-19-11-9-17-47(57)29-35-63(69)72)67-39-37-65(76-67)71(3,4)66-38-40-68(77-66)73(54-32-26-52-46-56(75-42-8-6-2)34-28-50(52)44-54)62-24-16-14-22-60(62)70-58-20-12-10-18-48(58)30-36-64(70)73/h9-40,43-46H,41-42H2,1-4H3. The molecule has 14 rings (SSSR count). The highest BCUT2D eigenvalue weighted by atomic mass is 32.1. The number of fused-ring (bicyclic) bond motifs is 12. The Morgan fingerprint density at radius 1 is 0.390 bits per heavy atom. The van der Waals surface area contributed by atoms with Crippen molar-refractivity contribution in [1.82, 2.24) is 0 Å². The Morgan fingerprint density at radius 3 is 1.26 bits per heavy atom. The summed E-state index contributed by atoms with van der Waals surface area (Å²) in [5, 5.41) is 9.67. The Hall–Kier alpha value is -8.64. The lowest BCUT2D eigenvalue weighted by molar-refractivity contribution is 0.370. The molecule has 2 nitrogen and oxygen atoms in total. The fourth-order valence-electron chi connectivity index (χ4n) is 12.9. The molecule has 2 unspecified atom stereocenters. The second-order valence-electron chi connectivity index (χ2n) is 20.8. The van der Waals surface area contributed by atoms with Gasteiger partial charge in [0, 0.05) is 24.9 Å². The summed E-state index contributed by atoms with van der Waals surface area (Å²) in [6.45, 7) is 9.27. The maximum Gasteiger partial charge on any atom is 0.149 e. The monoisotopic (exact) mass is 1020 g/mol. The molecule has 0 fully saturated rings. The van der Waals surface area contributed by atoms with E-state index in [0.29, 0.717) is 13.2 Å². The second kappa shape index (κ2) is 18.3. The number of thiophene rings is 2. The van der Waals surface area contributed by atoms with E-state index in [1.165, 1.54) is 107 Å². The molecule has 2 aromatic heterocycles. The summed E-state index contributed by atoms with van der Waals surface area (Å²) in [6.07, 6.45) is 0. The summed E-state index contributed by atoms with van der Waals surface area (Å²) in [5.74, 6) is 13.6. The lowest BCUT2D eigenvalue weighted by Crippen LogP contribution is -2.27. The molecule has 4 heteroatoms. The van der Waals surface area contributed by atoms with Gasteiger partial charge in [0.05, 0.1) is 10.8 Å². The Labute approximate surface area is 458 Å². The Kier molecular flexibility index (Phi) is 11.1. The highest BCUT2D eigenvalue weighted by molar-refractivity contribution is 7.14. The minimum atomic E-state index is -0.577. The number of hydrogen-bond donors (Lipinski definition) is 0. The van der Waals surface area contributed by atoms with Crippen LogP contribution in [-0.4, -0.2) is 13.2 Å². The summed E-state index contributed by atoms with van der Waals surface area (Å²) in [5.41, 5.74) is 11.5. The molecule has 0 saturated heterocycles. The number of ether oxygens (including phenoxy) is 2. The second-order valence-corrected chi connectivity index (χ2v) is 23.0. The Balaban J connectivity index is 0.939. The van der Waals surface area contributed by atoms with Crippen molar-refractivity contribution in [1.29, 1.82) is 0 Å². The smallest absolute Gasteiger partial charge is 0.149 e. The highest BCUT2D eigenvalue weighted by Gasteiger charge is 2.50. The molecule has 2 aliphatic carbocycles. The van der Waals surface area contributed by atoms with E-state index in [1.807, 2.05) is 36.5 Å². The first-order valence-electron chi connectivity index (χ1n) is 26.4. The number of hydrogen-bond acceptors (Lipinski definition) is 4. The van der Waals surface area contributed by atoms with Gasteiger partial charge in [-0.1, -0.05) is 183 Å². The SMILES string of the molecule is CC#CCOc1ccc2cc(C3(c4ccc(C(C)(C)c5ccc(C6(c7ccc8cc(OCC#CC)ccc8c7)c7ccccc7-c7c6ccc6ccccc76)s5)s4)c4ccccc4-c4c3ccc3ccccc43)ccc2c1. The molecule has 2 heterocycles. The summed E-state index contributed by atoms with van der Waals surface area (Å²) < 4.78 is 12.1. The molecule has 77 heavy (non-hydrogen) atoms. The van der Waals surface area contributed by atoms with Crippen LogP contribution in [0.25, 0.3) is 65.3 Å². The van der Waals surface area contributed by atoms with E-state index in [2.05, 4.69) is 256 Å². The molecule has 368 valence electrons. The predicted octanol–water partition coefficient (Wildman–Crippen LogP) is 18.3. The van der Waals surface area contributed by atoms with Gasteiger partial charge in [0.2, 0.25) is 0 Å². The normalized spacial score (nSPS) is 16.1. The van der Waals surface area contributed by atoms with Gasteiger partial charge in [0.1, 0.15) is 24.7 Å². The molecule has 0 aliphatic heterocycles. The van der Waals surface area contributed by atoms with Crippen LogP contribution >= 0.6 is 22.7 Å². The fraction of sp³-hybridized carbons (Fsp3) is 0.123. The van der Waals surface area contributed by atoms with Gasteiger partial charge >= 0.3 is 0 Å². The van der Waals surface area contributed by atoms with Gasteiger partial charge in [-0.05, 0) is 173 Å². The minimum absolute atomic E-state index is 0.341. The average Bonchev–Trinajstić information content (AvgIpc) is 4.42. The van der Waals surface area contributed by atoms with Crippen molar-refractivity contribution >= 4 is 65.8 Å². The van der Waals surface area contributed by atoms with Crippen LogP contribution in [0.3, 0.4) is 0 Å². The van der Waals surface area contributed by atoms with Crippen molar-refractivity contribution in [3.05, 3.63) is 271 Å². The largest absolute Gasteiger partial charge is 0.481 e. The Bertz CT molecular complexity index is 4220. The third-order valence-electron chi connectivity index (χ3n) is 16.5. The number of benzene rings is 10. The highest BCUT2D eigenvalue weighted by Crippen LogP contribution is 2.62. The van der Waals surface area contributed by atoms with Gasteiger partial charge in [-0.25, -0.2) is 0 Å². The van der Waals surface area contributed by atoms with E-state index in [-0.39, 0.29) is 5.41 Å².